The lowest BCUT2D eigenvalue weighted by atomic mass is 10.0. The molecule has 0 bridgehead atoms. The summed E-state index contributed by atoms with van der Waals surface area (Å²) in [4.78, 5) is 60.5. The number of hydrogen-bond acceptors (Lipinski definition) is 6. The topological polar surface area (TPSA) is 181 Å². The van der Waals surface area contributed by atoms with E-state index in [1.807, 2.05) is 20.8 Å². The van der Waals surface area contributed by atoms with Crippen LogP contribution in [0.3, 0.4) is 0 Å². The molecule has 12 nitrogen and oxygen atoms in total. The Kier molecular flexibility index (Phi) is 14.1. The van der Waals surface area contributed by atoms with E-state index < -0.39 is 36.0 Å². The molecule has 0 aliphatic carbocycles. The first-order valence-corrected chi connectivity index (χ1v) is 12.4. The number of benzene rings is 1. The number of ether oxygens (including phenoxy) is 1. The first-order valence-electron chi connectivity index (χ1n) is 12.4. The van der Waals surface area contributed by atoms with E-state index in [4.69, 9.17) is 10.5 Å². The minimum absolute atomic E-state index is 0.0695. The Balaban J connectivity index is 2.88. The molecule has 0 aromatic heterocycles. The standard InChI is InChI=1S/C25H40N6O6/c1-5-6-9-20(32)31-21(16(2)3)23(34)30-19(8-7-14-28-24(26)35)22(33)29-18-12-10-17(11-13-18)15-37-25(36)27-4/h10-13,16,19,21H,5-9,14-15H2,1-4H3,(H,27,36)(H,29,33)(H,30,34)(H,31,32)(H3,26,28,35). The average molecular weight is 521 g/mol. The van der Waals surface area contributed by atoms with Gasteiger partial charge < -0.3 is 37.1 Å². The van der Waals surface area contributed by atoms with Crippen LogP contribution >= 0.6 is 0 Å². The highest BCUT2D eigenvalue weighted by Gasteiger charge is 2.28. The van der Waals surface area contributed by atoms with Gasteiger partial charge in [-0.1, -0.05) is 39.3 Å². The van der Waals surface area contributed by atoms with Gasteiger partial charge in [-0.05, 0) is 42.9 Å². The lowest BCUT2D eigenvalue weighted by Gasteiger charge is -2.25. The van der Waals surface area contributed by atoms with Crippen LogP contribution in [0.5, 0.6) is 0 Å². The molecule has 0 fully saturated rings. The normalized spacial score (nSPS) is 12.1. The van der Waals surface area contributed by atoms with Gasteiger partial charge in [0.05, 0.1) is 0 Å². The number of alkyl carbamates (subject to hydrolysis) is 1. The van der Waals surface area contributed by atoms with E-state index in [-0.39, 0.29) is 31.4 Å². The quantitative estimate of drug-likeness (QED) is 0.192. The van der Waals surface area contributed by atoms with Gasteiger partial charge in [0.25, 0.3) is 0 Å². The van der Waals surface area contributed by atoms with Gasteiger partial charge in [-0.25, -0.2) is 9.59 Å². The van der Waals surface area contributed by atoms with Crippen LogP contribution in [0.4, 0.5) is 15.3 Å². The second kappa shape index (κ2) is 16.8. The van der Waals surface area contributed by atoms with Gasteiger partial charge >= 0.3 is 12.1 Å². The number of urea groups is 1. The Morgan fingerprint density at radius 2 is 1.65 bits per heavy atom. The molecule has 0 saturated heterocycles. The van der Waals surface area contributed by atoms with Crippen LogP contribution in [0, 0.1) is 5.92 Å². The zero-order valence-electron chi connectivity index (χ0n) is 22.0. The van der Waals surface area contributed by atoms with Crippen molar-refractivity contribution < 1.29 is 28.7 Å². The Hall–Kier alpha value is -3.83. The van der Waals surface area contributed by atoms with Crippen LogP contribution in [0.25, 0.3) is 0 Å². The summed E-state index contributed by atoms with van der Waals surface area (Å²) >= 11 is 0. The van der Waals surface area contributed by atoms with Gasteiger partial charge in [-0.2, -0.15) is 0 Å². The third-order valence-electron chi connectivity index (χ3n) is 5.42. The molecule has 1 aromatic carbocycles. The first-order chi connectivity index (χ1) is 17.6. The minimum Gasteiger partial charge on any atom is -0.445 e. The molecule has 0 heterocycles. The van der Waals surface area contributed by atoms with Crippen molar-refractivity contribution in [2.24, 2.45) is 11.7 Å². The monoisotopic (exact) mass is 520 g/mol. The van der Waals surface area contributed by atoms with Crippen LogP contribution in [0.2, 0.25) is 0 Å². The van der Waals surface area contributed by atoms with Crippen LogP contribution < -0.4 is 32.3 Å². The molecule has 2 unspecified atom stereocenters. The van der Waals surface area contributed by atoms with E-state index >= 15 is 0 Å². The Bertz CT molecular complexity index is 905. The lowest BCUT2D eigenvalue weighted by Crippen LogP contribution is -2.54. The molecule has 0 radical (unpaired) electrons. The fourth-order valence-electron chi connectivity index (χ4n) is 3.30. The van der Waals surface area contributed by atoms with Crippen molar-refractivity contribution in [1.82, 2.24) is 21.3 Å². The number of unbranched alkanes of at least 4 members (excludes halogenated alkanes) is 1. The Labute approximate surface area is 217 Å². The zero-order valence-corrected chi connectivity index (χ0v) is 22.0. The highest BCUT2D eigenvalue weighted by Crippen LogP contribution is 2.13. The van der Waals surface area contributed by atoms with Gasteiger partial charge in [-0.3, -0.25) is 14.4 Å². The van der Waals surface area contributed by atoms with E-state index in [9.17, 15) is 24.0 Å². The van der Waals surface area contributed by atoms with Crippen molar-refractivity contribution in [2.75, 3.05) is 18.9 Å². The molecule has 7 N–H and O–H groups in total. The smallest absolute Gasteiger partial charge is 0.407 e. The number of primary amides is 1. The van der Waals surface area contributed by atoms with Gasteiger partial charge in [0.15, 0.2) is 0 Å². The van der Waals surface area contributed by atoms with Gasteiger partial charge in [-0.15, -0.1) is 0 Å². The number of anilines is 1. The minimum atomic E-state index is -0.924. The van der Waals surface area contributed by atoms with Crippen molar-refractivity contribution in [3.8, 4) is 0 Å². The largest absolute Gasteiger partial charge is 0.445 e. The molecular weight excluding hydrogens is 480 g/mol. The fraction of sp³-hybridized carbons (Fsp3) is 0.560. The van der Waals surface area contributed by atoms with Gasteiger partial charge in [0, 0.05) is 25.7 Å². The van der Waals surface area contributed by atoms with E-state index in [0.29, 0.717) is 24.9 Å². The number of nitrogens with one attached hydrogen (secondary N) is 5. The van der Waals surface area contributed by atoms with Crippen molar-refractivity contribution >= 4 is 35.5 Å². The van der Waals surface area contributed by atoms with E-state index in [0.717, 1.165) is 12.0 Å². The number of rotatable bonds is 15. The maximum Gasteiger partial charge on any atom is 0.407 e. The second-order valence-corrected chi connectivity index (χ2v) is 8.90. The Morgan fingerprint density at radius 3 is 2.22 bits per heavy atom. The highest BCUT2D eigenvalue weighted by atomic mass is 16.5. The molecule has 37 heavy (non-hydrogen) atoms. The number of nitrogens with two attached hydrogens (primary N) is 1. The molecule has 1 rings (SSSR count). The lowest BCUT2D eigenvalue weighted by molar-refractivity contribution is -0.132. The number of carbonyl (C=O) groups excluding carboxylic acids is 5. The summed E-state index contributed by atoms with van der Waals surface area (Å²) in [7, 11) is 1.46. The third kappa shape index (κ3) is 12.6. The summed E-state index contributed by atoms with van der Waals surface area (Å²) in [6.07, 6.45) is 1.95. The summed E-state index contributed by atoms with van der Waals surface area (Å²) in [5.74, 6) is -1.34. The maximum absolute atomic E-state index is 13.1. The zero-order chi connectivity index (χ0) is 27.8. The predicted octanol–water partition coefficient (Wildman–Crippen LogP) is 1.75. The molecular formula is C25H40N6O6. The summed E-state index contributed by atoms with van der Waals surface area (Å²) in [6.45, 7) is 5.90. The van der Waals surface area contributed by atoms with Crippen molar-refractivity contribution in [2.45, 2.75) is 71.6 Å². The molecule has 0 spiro atoms. The maximum atomic E-state index is 13.1. The van der Waals surface area contributed by atoms with Crippen LogP contribution in [0.1, 0.15) is 58.4 Å². The third-order valence-corrected chi connectivity index (χ3v) is 5.42. The highest BCUT2D eigenvalue weighted by molar-refractivity contribution is 5.98. The van der Waals surface area contributed by atoms with E-state index in [1.54, 1.807) is 24.3 Å². The Morgan fingerprint density at radius 1 is 0.973 bits per heavy atom. The van der Waals surface area contributed by atoms with Crippen LogP contribution in [-0.2, 0) is 25.7 Å². The fourth-order valence-corrected chi connectivity index (χ4v) is 3.30. The molecule has 0 saturated carbocycles. The summed E-state index contributed by atoms with van der Waals surface area (Å²) in [6, 6.07) is 4.29. The molecule has 0 aliphatic rings. The molecule has 206 valence electrons. The van der Waals surface area contributed by atoms with Crippen molar-refractivity contribution in [3.05, 3.63) is 29.8 Å². The van der Waals surface area contributed by atoms with Crippen molar-refractivity contribution in [3.63, 3.8) is 0 Å². The number of carbonyl (C=O) groups is 5. The van der Waals surface area contributed by atoms with Crippen LogP contribution in [0.15, 0.2) is 24.3 Å². The summed E-state index contributed by atoms with van der Waals surface area (Å²) in [5, 5.41) is 13.1. The second-order valence-electron chi connectivity index (χ2n) is 8.90. The average Bonchev–Trinajstić information content (AvgIpc) is 2.86. The number of amides is 6. The van der Waals surface area contributed by atoms with E-state index in [2.05, 4.69) is 26.6 Å². The molecule has 2 atom stereocenters. The van der Waals surface area contributed by atoms with Gasteiger partial charge in [0.1, 0.15) is 18.7 Å². The molecule has 1 aromatic rings. The van der Waals surface area contributed by atoms with E-state index in [1.165, 1.54) is 7.05 Å². The van der Waals surface area contributed by atoms with Gasteiger partial charge in [0.2, 0.25) is 17.7 Å². The van der Waals surface area contributed by atoms with Crippen LogP contribution in [-0.4, -0.2) is 55.5 Å². The number of hydrogen-bond donors (Lipinski definition) is 6. The molecule has 0 aliphatic heterocycles. The predicted molar refractivity (Wildman–Crippen MR) is 139 cm³/mol. The van der Waals surface area contributed by atoms with Crippen molar-refractivity contribution in [1.29, 1.82) is 0 Å². The molecule has 6 amide bonds. The SMILES string of the molecule is CCCCC(=O)NC(C(=O)NC(CCCNC(N)=O)C(=O)Nc1ccc(COC(=O)NC)cc1)C(C)C. The first kappa shape index (κ1) is 31.2. The molecule has 12 heteroatoms. The summed E-state index contributed by atoms with van der Waals surface area (Å²) in [5.41, 5.74) is 6.30. The summed E-state index contributed by atoms with van der Waals surface area (Å²) < 4.78 is 4.99.